The monoisotopic (exact) mass is 318 g/mol. The second-order valence-electron chi connectivity index (χ2n) is 5.78. The van der Waals surface area contributed by atoms with Crippen molar-refractivity contribution in [1.29, 1.82) is 0 Å². The van der Waals surface area contributed by atoms with Crippen molar-refractivity contribution in [3.05, 3.63) is 34.1 Å². The SMILES string of the molecule is COc1ccc(-c2nc(C3(N)CCCCC3)no2)cc1[N+](=O)[O-]. The van der Waals surface area contributed by atoms with Crippen LogP contribution in [0.4, 0.5) is 5.69 Å². The lowest BCUT2D eigenvalue weighted by Gasteiger charge is -2.29. The molecule has 1 aliphatic rings. The normalized spacial score (nSPS) is 17.0. The van der Waals surface area contributed by atoms with E-state index < -0.39 is 10.5 Å². The second-order valence-corrected chi connectivity index (χ2v) is 5.78. The van der Waals surface area contributed by atoms with E-state index in [2.05, 4.69) is 10.1 Å². The van der Waals surface area contributed by atoms with Crippen LogP contribution in [-0.4, -0.2) is 22.2 Å². The standard InChI is InChI=1S/C15H18N4O4/c1-22-12-6-5-10(9-11(12)19(20)21)13-17-14(18-23-13)15(16)7-3-2-4-8-15/h5-6,9H,2-4,7-8,16H2,1H3. The molecule has 1 fully saturated rings. The van der Waals surface area contributed by atoms with Gasteiger partial charge in [0.15, 0.2) is 11.6 Å². The van der Waals surface area contributed by atoms with Crippen molar-refractivity contribution in [2.24, 2.45) is 5.73 Å². The zero-order chi connectivity index (χ0) is 16.4. The quantitative estimate of drug-likeness (QED) is 0.680. The maximum atomic E-state index is 11.1. The molecule has 1 aromatic heterocycles. The maximum absolute atomic E-state index is 11.1. The van der Waals surface area contributed by atoms with Gasteiger partial charge in [-0.05, 0) is 25.0 Å². The minimum absolute atomic E-state index is 0.148. The van der Waals surface area contributed by atoms with Crippen LogP contribution in [0.25, 0.3) is 11.5 Å². The van der Waals surface area contributed by atoms with E-state index in [1.807, 2.05) is 0 Å². The van der Waals surface area contributed by atoms with E-state index in [1.54, 1.807) is 6.07 Å². The minimum Gasteiger partial charge on any atom is -0.490 e. The van der Waals surface area contributed by atoms with E-state index in [0.29, 0.717) is 11.4 Å². The summed E-state index contributed by atoms with van der Waals surface area (Å²) in [6.07, 6.45) is 4.86. The van der Waals surface area contributed by atoms with Crippen molar-refractivity contribution in [3.8, 4) is 17.2 Å². The molecule has 1 aliphatic carbocycles. The fraction of sp³-hybridized carbons (Fsp3) is 0.467. The molecule has 1 aromatic carbocycles. The van der Waals surface area contributed by atoms with Crippen LogP contribution in [0.3, 0.4) is 0 Å². The lowest BCUT2D eigenvalue weighted by Crippen LogP contribution is -2.39. The predicted octanol–water partition coefficient (Wildman–Crippen LogP) is 2.77. The molecule has 0 aliphatic heterocycles. The van der Waals surface area contributed by atoms with Crippen LogP contribution in [0, 0.1) is 10.1 Å². The molecule has 1 heterocycles. The fourth-order valence-corrected chi connectivity index (χ4v) is 2.91. The van der Waals surface area contributed by atoms with Crippen LogP contribution >= 0.6 is 0 Å². The Morgan fingerprint density at radius 3 is 2.74 bits per heavy atom. The first kappa shape index (κ1) is 15.4. The highest BCUT2D eigenvalue weighted by atomic mass is 16.6. The van der Waals surface area contributed by atoms with Gasteiger partial charge in [-0.1, -0.05) is 24.4 Å². The van der Waals surface area contributed by atoms with Crippen LogP contribution in [-0.2, 0) is 5.54 Å². The van der Waals surface area contributed by atoms with E-state index in [1.165, 1.54) is 19.2 Å². The van der Waals surface area contributed by atoms with Gasteiger partial charge in [-0.2, -0.15) is 4.98 Å². The van der Waals surface area contributed by atoms with Crippen molar-refractivity contribution < 1.29 is 14.2 Å². The van der Waals surface area contributed by atoms with E-state index >= 15 is 0 Å². The summed E-state index contributed by atoms with van der Waals surface area (Å²) in [5.41, 5.74) is 6.13. The Balaban J connectivity index is 1.94. The van der Waals surface area contributed by atoms with Crippen LogP contribution in [0.5, 0.6) is 5.75 Å². The molecule has 0 atom stereocenters. The smallest absolute Gasteiger partial charge is 0.311 e. The Morgan fingerprint density at radius 1 is 1.35 bits per heavy atom. The molecule has 0 radical (unpaired) electrons. The third kappa shape index (κ3) is 2.89. The molecule has 1 saturated carbocycles. The van der Waals surface area contributed by atoms with Crippen LogP contribution in [0.15, 0.2) is 22.7 Å². The maximum Gasteiger partial charge on any atom is 0.311 e. The molecular formula is C15H18N4O4. The highest BCUT2D eigenvalue weighted by Crippen LogP contribution is 2.35. The number of nitrogens with two attached hydrogens (primary N) is 1. The lowest BCUT2D eigenvalue weighted by atomic mass is 9.82. The van der Waals surface area contributed by atoms with Gasteiger partial charge in [-0.15, -0.1) is 0 Å². The van der Waals surface area contributed by atoms with E-state index in [4.69, 9.17) is 15.0 Å². The van der Waals surface area contributed by atoms with Gasteiger partial charge in [0.1, 0.15) is 0 Å². The molecule has 3 rings (SSSR count). The molecule has 2 aromatic rings. The number of aromatic nitrogens is 2. The Hall–Kier alpha value is -2.48. The Bertz CT molecular complexity index is 722. The highest BCUT2D eigenvalue weighted by Gasteiger charge is 2.34. The number of nitro groups is 1. The van der Waals surface area contributed by atoms with Gasteiger partial charge in [-0.3, -0.25) is 10.1 Å². The summed E-state index contributed by atoms with van der Waals surface area (Å²) < 4.78 is 10.3. The summed E-state index contributed by atoms with van der Waals surface area (Å²) in [4.78, 5) is 15.0. The van der Waals surface area contributed by atoms with Crippen LogP contribution in [0.1, 0.15) is 37.9 Å². The van der Waals surface area contributed by atoms with Gasteiger partial charge in [0.2, 0.25) is 0 Å². The molecule has 0 amide bonds. The second kappa shape index (κ2) is 5.96. The predicted molar refractivity (Wildman–Crippen MR) is 81.9 cm³/mol. The van der Waals surface area contributed by atoms with Gasteiger partial charge in [0, 0.05) is 11.6 Å². The molecule has 0 saturated heterocycles. The van der Waals surface area contributed by atoms with Crippen molar-refractivity contribution in [1.82, 2.24) is 10.1 Å². The molecule has 122 valence electrons. The van der Waals surface area contributed by atoms with Crippen molar-refractivity contribution in [2.45, 2.75) is 37.6 Å². The summed E-state index contributed by atoms with van der Waals surface area (Å²) >= 11 is 0. The topological polar surface area (TPSA) is 117 Å². The first-order valence-electron chi connectivity index (χ1n) is 7.49. The summed E-state index contributed by atoms with van der Waals surface area (Å²) in [6, 6.07) is 4.52. The zero-order valence-corrected chi connectivity index (χ0v) is 12.8. The third-order valence-corrected chi connectivity index (χ3v) is 4.24. The average Bonchev–Trinajstić information content (AvgIpc) is 3.05. The Kier molecular flexibility index (Phi) is 3.99. The zero-order valence-electron chi connectivity index (χ0n) is 12.8. The first-order chi connectivity index (χ1) is 11.0. The molecule has 0 unspecified atom stereocenters. The van der Waals surface area contributed by atoms with Gasteiger partial charge in [0.05, 0.1) is 17.6 Å². The van der Waals surface area contributed by atoms with Crippen molar-refractivity contribution in [3.63, 3.8) is 0 Å². The minimum atomic E-state index is -0.571. The van der Waals surface area contributed by atoms with E-state index in [9.17, 15) is 10.1 Å². The number of rotatable bonds is 4. The number of methoxy groups -OCH3 is 1. The Morgan fingerprint density at radius 2 is 2.09 bits per heavy atom. The molecule has 0 bridgehead atoms. The molecule has 8 heteroatoms. The Labute approximate surface area is 132 Å². The summed E-state index contributed by atoms with van der Waals surface area (Å²) in [6.45, 7) is 0. The largest absolute Gasteiger partial charge is 0.490 e. The van der Waals surface area contributed by atoms with Gasteiger partial charge in [0.25, 0.3) is 5.89 Å². The summed E-state index contributed by atoms with van der Waals surface area (Å²) in [5, 5.41) is 15.1. The lowest BCUT2D eigenvalue weighted by molar-refractivity contribution is -0.385. The van der Waals surface area contributed by atoms with E-state index in [0.717, 1.165) is 32.1 Å². The molecule has 8 nitrogen and oxygen atoms in total. The summed E-state index contributed by atoms with van der Waals surface area (Å²) in [7, 11) is 1.38. The summed E-state index contributed by atoms with van der Waals surface area (Å²) in [5.74, 6) is 0.868. The average molecular weight is 318 g/mol. The van der Waals surface area contributed by atoms with Gasteiger partial charge in [-0.25, -0.2) is 0 Å². The third-order valence-electron chi connectivity index (χ3n) is 4.24. The van der Waals surface area contributed by atoms with Gasteiger partial charge >= 0.3 is 5.69 Å². The number of benzene rings is 1. The number of hydrogen-bond donors (Lipinski definition) is 1. The number of nitro benzene ring substituents is 1. The number of hydrogen-bond acceptors (Lipinski definition) is 7. The van der Waals surface area contributed by atoms with E-state index in [-0.39, 0.29) is 17.3 Å². The van der Waals surface area contributed by atoms with Gasteiger partial charge < -0.3 is 15.0 Å². The molecule has 0 spiro atoms. The van der Waals surface area contributed by atoms with Crippen molar-refractivity contribution >= 4 is 5.69 Å². The van der Waals surface area contributed by atoms with Crippen LogP contribution < -0.4 is 10.5 Å². The first-order valence-corrected chi connectivity index (χ1v) is 7.49. The number of ether oxygens (including phenoxy) is 1. The number of nitrogens with zero attached hydrogens (tertiary/aromatic N) is 3. The van der Waals surface area contributed by atoms with Crippen molar-refractivity contribution in [2.75, 3.05) is 7.11 Å². The highest BCUT2D eigenvalue weighted by molar-refractivity contribution is 5.62. The molecule has 2 N–H and O–H groups in total. The van der Waals surface area contributed by atoms with Crippen LogP contribution in [0.2, 0.25) is 0 Å². The fourth-order valence-electron chi connectivity index (χ4n) is 2.91. The molecular weight excluding hydrogens is 300 g/mol. The molecule has 23 heavy (non-hydrogen) atoms.